The topological polar surface area (TPSA) is 56.9 Å². The summed E-state index contributed by atoms with van der Waals surface area (Å²) in [6.07, 6.45) is 1.57. The van der Waals surface area contributed by atoms with Crippen LogP contribution in [-0.2, 0) is 13.1 Å². The summed E-state index contributed by atoms with van der Waals surface area (Å²) in [5.74, 6) is 0. The third kappa shape index (κ3) is 3.74. The minimum absolute atomic E-state index is 0.0554. The summed E-state index contributed by atoms with van der Waals surface area (Å²) in [6.45, 7) is 14.9. The Hall–Kier alpha value is -2.21. The minimum atomic E-state index is -2.20. The first-order chi connectivity index (χ1) is 11.6. The number of rotatable bonds is 5. The molecule has 0 bridgehead atoms. The molecule has 2 rings (SSSR count). The maximum atomic E-state index is 13.0. The molecule has 0 aliphatic carbocycles. The van der Waals surface area contributed by atoms with E-state index in [9.17, 15) is 9.59 Å². The summed E-state index contributed by atoms with van der Waals surface area (Å²) >= 11 is 0. The Morgan fingerprint density at radius 2 is 1.76 bits per heavy atom. The minimum Gasteiger partial charge on any atom is -0.268 e. The predicted molar refractivity (Wildman–Crippen MR) is 105 cm³/mol. The first-order valence-electron chi connectivity index (χ1n) is 8.47. The monoisotopic (exact) mass is 357 g/mol. The van der Waals surface area contributed by atoms with Gasteiger partial charge >= 0.3 is 5.69 Å². The fourth-order valence-electron chi connectivity index (χ4n) is 2.46. The van der Waals surface area contributed by atoms with Gasteiger partial charge in [0.05, 0.1) is 6.54 Å². The second-order valence-corrected chi connectivity index (χ2v) is 13.1. The molecule has 2 aromatic rings. The number of hydrogen-bond acceptors (Lipinski definition) is 3. The van der Waals surface area contributed by atoms with Gasteiger partial charge in [0.25, 0.3) is 5.56 Å². The average molecular weight is 358 g/mol. The first-order valence-corrected chi connectivity index (χ1v) is 11.5. The molecule has 0 radical (unpaired) electrons. The fraction of sp³-hybridized carbons (Fsp3) is 0.421. The van der Waals surface area contributed by atoms with Crippen molar-refractivity contribution in [1.82, 2.24) is 14.3 Å². The van der Waals surface area contributed by atoms with Crippen LogP contribution in [0.3, 0.4) is 0 Å². The lowest BCUT2D eigenvalue weighted by atomic mass is 10.2. The van der Waals surface area contributed by atoms with E-state index < -0.39 is 13.8 Å². The summed E-state index contributed by atoms with van der Waals surface area (Å²) in [5.41, 5.74) is 0.305. The smallest absolute Gasteiger partial charge is 0.268 e. The van der Waals surface area contributed by atoms with Crippen LogP contribution in [0, 0.1) is 0 Å². The van der Waals surface area contributed by atoms with Gasteiger partial charge in [-0.25, -0.2) is 9.48 Å². The molecule has 1 aromatic heterocycles. The largest absolute Gasteiger partial charge is 0.348 e. The summed E-state index contributed by atoms with van der Waals surface area (Å²) < 4.78 is 2.66. The van der Waals surface area contributed by atoms with Crippen LogP contribution in [0.2, 0.25) is 18.1 Å². The fourth-order valence-corrected chi connectivity index (χ4v) is 4.21. The summed E-state index contributed by atoms with van der Waals surface area (Å²) in [6, 6.07) is 9.68. The zero-order valence-electron chi connectivity index (χ0n) is 15.7. The number of nitrogens with zero attached hydrogens (tertiary/aromatic N) is 3. The van der Waals surface area contributed by atoms with Crippen molar-refractivity contribution >= 4 is 13.4 Å². The highest BCUT2D eigenvalue weighted by Gasteiger charge is 2.41. The molecule has 0 unspecified atom stereocenters. The van der Waals surface area contributed by atoms with Crippen LogP contribution in [0.5, 0.6) is 0 Å². The molecule has 0 spiro atoms. The number of aromatic nitrogens is 3. The Bertz CT molecular complexity index is 874. The van der Waals surface area contributed by atoms with Gasteiger partial charge in [0.2, 0.25) is 0 Å². The molecule has 0 aliphatic heterocycles. The van der Waals surface area contributed by atoms with Crippen LogP contribution in [0.4, 0.5) is 0 Å². The molecular formula is C19H27N3O2Si. The van der Waals surface area contributed by atoms with Crippen molar-refractivity contribution in [3.8, 4) is 0 Å². The van der Waals surface area contributed by atoms with Crippen molar-refractivity contribution in [3.05, 3.63) is 69.4 Å². The maximum absolute atomic E-state index is 13.0. The molecule has 0 N–H and O–H groups in total. The van der Waals surface area contributed by atoms with Crippen molar-refractivity contribution in [2.24, 2.45) is 0 Å². The van der Waals surface area contributed by atoms with Crippen molar-refractivity contribution in [3.63, 3.8) is 0 Å². The van der Waals surface area contributed by atoms with Crippen LogP contribution < -0.4 is 16.6 Å². The van der Waals surface area contributed by atoms with E-state index in [0.29, 0.717) is 11.9 Å². The maximum Gasteiger partial charge on any atom is 0.348 e. The molecular weight excluding hydrogens is 330 g/mol. The normalized spacial score (nSPS) is 12.2. The number of hydrogen-bond donors (Lipinski definition) is 0. The van der Waals surface area contributed by atoms with E-state index in [1.807, 2.05) is 30.3 Å². The Morgan fingerprint density at radius 3 is 2.28 bits per heavy atom. The third-order valence-electron chi connectivity index (χ3n) is 5.07. The summed E-state index contributed by atoms with van der Waals surface area (Å²) in [4.78, 5) is 25.7. The van der Waals surface area contributed by atoms with E-state index in [2.05, 4.69) is 45.5 Å². The Kier molecular flexibility index (Phi) is 5.32. The van der Waals surface area contributed by atoms with Gasteiger partial charge in [0, 0.05) is 6.54 Å². The lowest BCUT2D eigenvalue weighted by Gasteiger charge is -2.35. The van der Waals surface area contributed by atoms with Gasteiger partial charge in [-0.05, 0) is 10.6 Å². The van der Waals surface area contributed by atoms with Crippen LogP contribution in [0.15, 0.2) is 52.6 Å². The van der Waals surface area contributed by atoms with Gasteiger partial charge in [-0.1, -0.05) is 70.3 Å². The van der Waals surface area contributed by atoms with Crippen molar-refractivity contribution in [1.29, 1.82) is 0 Å². The molecule has 6 heteroatoms. The molecule has 25 heavy (non-hydrogen) atoms. The van der Waals surface area contributed by atoms with Crippen molar-refractivity contribution in [2.75, 3.05) is 0 Å². The van der Waals surface area contributed by atoms with E-state index in [1.165, 1.54) is 9.25 Å². The van der Waals surface area contributed by atoms with E-state index in [1.54, 1.807) is 6.08 Å². The molecule has 1 heterocycles. The van der Waals surface area contributed by atoms with Crippen LogP contribution in [0.1, 0.15) is 26.3 Å². The van der Waals surface area contributed by atoms with E-state index in [-0.39, 0.29) is 17.1 Å². The molecule has 0 aliphatic rings. The predicted octanol–water partition coefficient (Wildman–Crippen LogP) is 2.35. The van der Waals surface area contributed by atoms with E-state index in [0.717, 1.165) is 5.56 Å². The molecule has 0 atom stereocenters. The van der Waals surface area contributed by atoms with Gasteiger partial charge in [-0.3, -0.25) is 9.36 Å². The highest BCUT2D eigenvalue weighted by atomic mass is 28.3. The molecule has 1 aromatic carbocycles. The van der Waals surface area contributed by atoms with Gasteiger partial charge in [-0.2, -0.15) is 5.10 Å². The molecule has 0 saturated carbocycles. The zero-order valence-corrected chi connectivity index (χ0v) is 16.7. The average Bonchev–Trinajstić information content (AvgIpc) is 2.54. The Balaban J connectivity index is 2.71. The van der Waals surface area contributed by atoms with Crippen LogP contribution >= 0.6 is 0 Å². The van der Waals surface area contributed by atoms with Gasteiger partial charge in [0.15, 0.2) is 0 Å². The molecule has 5 nitrogen and oxygen atoms in total. The SMILES string of the molecule is C=CCn1c(=O)c([Si](C)(C)C(C)(C)C)nn(Cc2ccccc2)c1=O. The Morgan fingerprint density at radius 1 is 1.16 bits per heavy atom. The lowest BCUT2D eigenvalue weighted by molar-refractivity contribution is 0.552. The van der Waals surface area contributed by atoms with Gasteiger partial charge in [-0.15, -0.1) is 6.58 Å². The lowest BCUT2D eigenvalue weighted by Crippen LogP contribution is -2.63. The van der Waals surface area contributed by atoms with Gasteiger partial charge < -0.3 is 0 Å². The van der Waals surface area contributed by atoms with Crippen LogP contribution in [0.25, 0.3) is 0 Å². The summed E-state index contributed by atoms with van der Waals surface area (Å²) in [5, 5.41) is 5.03. The highest BCUT2D eigenvalue weighted by molar-refractivity contribution is 6.91. The second kappa shape index (κ2) is 6.96. The second-order valence-electron chi connectivity index (χ2n) is 7.85. The quantitative estimate of drug-likeness (QED) is 0.610. The molecule has 0 saturated heterocycles. The highest BCUT2D eigenvalue weighted by Crippen LogP contribution is 2.34. The van der Waals surface area contributed by atoms with E-state index in [4.69, 9.17) is 0 Å². The van der Waals surface area contributed by atoms with Crippen LogP contribution in [-0.4, -0.2) is 22.4 Å². The first kappa shape index (κ1) is 19.1. The standard InChI is InChI=1S/C19H27N3O2Si/c1-7-13-21-17(23)16(25(5,6)19(2,3)4)20-22(18(21)24)14-15-11-9-8-10-12-15/h7-12H,1,13-14H2,2-6H3. The van der Waals surface area contributed by atoms with Crippen molar-refractivity contribution < 1.29 is 0 Å². The molecule has 0 amide bonds. The molecule has 134 valence electrons. The number of allylic oxidation sites excluding steroid dienone is 1. The van der Waals surface area contributed by atoms with Crippen molar-refractivity contribution in [2.45, 2.75) is 52.0 Å². The number of benzene rings is 1. The Labute approximate surface area is 149 Å². The third-order valence-corrected chi connectivity index (χ3v) is 10.3. The van der Waals surface area contributed by atoms with E-state index >= 15 is 0 Å². The summed E-state index contributed by atoms with van der Waals surface area (Å²) in [7, 11) is -2.20. The molecule has 0 fully saturated rings. The zero-order chi connectivity index (χ0) is 18.8. The van der Waals surface area contributed by atoms with Gasteiger partial charge in [0.1, 0.15) is 13.4 Å².